The van der Waals surface area contributed by atoms with Gasteiger partial charge in [-0.05, 0) is 24.6 Å². The number of hydrogen-bond donors (Lipinski definition) is 1. The Labute approximate surface area is 146 Å². The van der Waals surface area contributed by atoms with E-state index in [4.69, 9.17) is 14.2 Å². The van der Waals surface area contributed by atoms with E-state index in [-0.39, 0.29) is 18.7 Å². The highest BCUT2D eigenvalue weighted by Crippen LogP contribution is 2.31. The molecule has 0 saturated carbocycles. The zero-order chi connectivity index (χ0) is 19.5. The van der Waals surface area contributed by atoms with Crippen LogP contribution >= 0.6 is 0 Å². The third kappa shape index (κ3) is 5.11. The summed E-state index contributed by atoms with van der Waals surface area (Å²) >= 11 is 0. The van der Waals surface area contributed by atoms with Crippen molar-refractivity contribution in [2.24, 2.45) is 5.92 Å². The standard InChI is InChI=1S/C16H16F3NO6/c1-15(2)25-12(21)11(13(22)26-15)6-7-20-14(23)24-10-5-3-4-9(8-10)16(17,18)19/h3-5,8,11H,6-7H2,1-2H3,(H,20,23). The minimum atomic E-state index is -4.56. The lowest BCUT2D eigenvalue weighted by atomic mass is 10.0. The van der Waals surface area contributed by atoms with Crippen LogP contribution in [0, 0.1) is 5.92 Å². The fourth-order valence-corrected chi connectivity index (χ4v) is 2.18. The summed E-state index contributed by atoms with van der Waals surface area (Å²) in [6, 6.07) is 3.80. The van der Waals surface area contributed by atoms with Crippen molar-refractivity contribution in [2.75, 3.05) is 6.54 Å². The zero-order valence-electron chi connectivity index (χ0n) is 13.9. The SMILES string of the molecule is CC1(C)OC(=O)C(CCNC(=O)Oc2cccc(C(F)(F)F)c2)C(=O)O1. The quantitative estimate of drug-likeness (QED) is 0.643. The molecule has 10 heteroatoms. The van der Waals surface area contributed by atoms with Crippen LogP contribution < -0.4 is 10.1 Å². The Hall–Kier alpha value is -2.78. The van der Waals surface area contributed by atoms with Crippen LogP contribution in [0.15, 0.2) is 24.3 Å². The number of amides is 1. The van der Waals surface area contributed by atoms with Crippen molar-refractivity contribution < 1.29 is 41.8 Å². The van der Waals surface area contributed by atoms with Crippen LogP contribution in [0.1, 0.15) is 25.8 Å². The summed E-state index contributed by atoms with van der Waals surface area (Å²) in [7, 11) is 0. The van der Waals surface area contributed by atoms with Gasteiger partial charge >= 0.3 is 24.2 Å². The van der Waals surface area contributed by atoms with E-state index < -0.39 is 41.5 Å². The van der Waals surface area contributed by atoms with Gasteiger partial charge in [-0.3, -0.25) is 9.59 Å². The first kappa shape index (κ1) is 19.5. The van der Waals surface area contributed by atoms with E-state index in [1.165, 1.54) is 19.9 Å². The number of rotatable bonds is 4. The highest BCUT2D eigenvalue weighted by molar-refractivity contribution is 5.96. The molecular weight excluding hydrogens is 359 g/mol. The molecule has 1 aliphatic rings. The molecule has 1 heterocycles. The monoisotopic (exact) mass is 375 g/mol. The van der Waals surface area contributed by atoms with Gasteiger partial charge in [0.2, 0.25) is 0 Å². The largest absolute Gasteiger partial charge is 0.422 e. The fraction of sp³-hybridized carbons (Fsp3) is 0.438. The Morgan fingerprint density at radius 3 is 2.42 bits per heavy atom. The average Bonchev–Trinajstić information content (AvgIpc) is 2.48. The molecule has 26 heavy (non-hydrogen) atoms. The number of esters is 2. The molecule has 0 unspecified atom stereocenters. The number of cyclic esters (lactones) is 2. The number of ether oxygens (including phenoxy) is 3. The van der Waals surface area contributed by atoms with Crippen molar-refractivity contribution in [3.05, 3.63) is 29.8 Å². The van der Waals surface area contributed by atoms with Gasteiger partial charge < -0.3 is 19.5 Å². The molecule has 1 N–H and O–H groups in total. The second-order valence-electron chi connectivity index (χ2n) is 5.93. The second kappa shape index (κ2) is 7.22. The fourth-order valence-electron chi connectivity index (χ4n) is 2.18. The maximum absolute atomic E-state index is 12.6. The first-order valence-electron chi connectivity index (χ1n) is 7.56. The Kier molecular flexibility index (Phi) is 5.43. The summed E-state index contributed by atoms with van der Waals surface area (Å²) in [5.74, 6) is -4.40. The second-order valence-corrected chi connectivity index (χ2v) is 5.93. The number of carbonyl (C=O) groups is 3. The average molecular weight is 375 g/mol. The summed E-state index contributed by atoms with van der Waals surface area (Å²) in [5.41, 5.74) is -0.960. The molecule has 1 fully saturated rings. The smallest absolute Gasteiger partial charge is 0.416 e. The van der Waals surface area contributed by atoms with Crippen molar-refractivity contribution in [1.29, 1.82) is 0 Å². The zero-order valence-corrected chi connectivity index (χ0v) is 13.9. The highest BCUT2D eigenvalue weighted by atomic mass is 19.4. The van der Waals surface area contributed by atoms with Crippen LogP contribution in [0.3, 0.4) is 0 Å². The van der Waals surface area contributed by atoms with Gasteiger partial charge in [0, 0.05) is 20.4 Å². The molecular formula is C16H16F3NO6. The lowest BCUT2D eigenvalue weighted by molar-refractivity contribution is -0.240. The molecule has 0 atom stereocenters. The maximum atomic E-state index is 12.6. The first-order valence-corrected chi connectivity index (χ1v) is 7.56. The van der Waals surface area contributed by atoms with E-state index in [0.29, 0.717) is 6.07 Å². The maximum Gasteiger partial charge on any atom is 0.416 e. The van der Waals surface area contributed by atoms with Crippen molar-refractivity contribution in [2.45, 2.75) is 32.2 Å². The Balaban J connectivity index is 1.84. The third-order valence-electron chi connectivity index (χ3n) is 3.34. The number of benzene rings is 1. The molecule has 1 aromatic rings. The number of carbonyl (C=O) groups excluding carboxylic acids is 3. The Morgan fingerprint density at radius 1 is 1.23 bits per heavy atom. The predicted octanol–water partition coefficient (Wildman–Crippen LogP) is 2.64. The molecule has 1 amide bonds. The van der Waals surface area contributed by atoms with E-state index in [1.54, 1.807) is 0 Å². The highest BCUT2D eigenvalue weighted by Gasteiger charge is 2.42. The molecule has 1 aromatic carbocycles. The molecule has 0 radical (unpaired) electrons. The normalized spacial score (nSPS) is 17.3. The lowest BCUT2D eigenvalue weighted by Crippen LogP contribution is -2.47. The van der Waals surface area contributed by atoms with Crippen molar-refractivity contribution in [1.82, 2.24) is 5.32 Å². The van der Waals surface area contributed by atoms with Gasteiger partial charge in [0.15, 0.2) is 5.92 Å². The first-order chi connectivity index (χ1) is 12.0. The van der Waals surface area contributed by atoms with Crippen LogP contribution in [0.5, 0.6) is 5.75 Å². The molecule has 2 rings (SSSR count). The van der Waals surface area contributed by atoms with Crippen LogP contribution in [0.4, 0.5) is 18.0 Å². The van der Waals surface area contributed by atoms with Crippen LogP contribution in [0.2, 0.25) is 0 Å². The van der Waals surface area contributed by atoms with Gasteiger partial charge in [0.1, 0.15) is 5.75 Å². The van der Waals surface area contributed by atoms with Crippen LogP contribution in [-0.2, 0) is 25.2 Å². The van der Waals surface area contributed by atoms with Gasteiger partial charge in [0.25, 0.3) is 5.79 Å². The van der Waals surface area contributed by atoms with Gasteiger partial charge in [-0.2, -0.15) is 13.2 Å². The van der Waals surface area contributed by atoms with E-state index in [0.717, 1.165) is 12.1 Å². The molecule has 1 saturated heterocycles. The number of hydrogen-bond acceptors (Lipinski definition) is 6. The van der Waals surface area contributed by atoms with Crippen molar-refractivity contribution in [3.63, 3.8) is 0 Å². The Morgan fingerprint density at radius 2 is 1.85 bits per heavy atom. The van der Waals surface area contributed by atoms with Gasteiger partial charge in [-0.25, -0.2) is 4.79 Å². The third-order valence-corrected chi connectivity index (χ3v) is 3.34. The lowest BCUT2D eigenvalue weighted by Gasteiger charge is -2.32. The summed E-state index contributed by atoms with van der Waals surface area (Å²) < 4.78 is 52.4. The van der Waals surface area contributed by atoms with Crippen LogP contribution in [-0.4, -0.2) is 30.4 Å². The summed E-state index contributed by atoms with van der Waals surface area (Å²) in [5, 5.41) is 2.24. The van der Waals surface area contributed by atoms with E-state index in [2.05, 4.69) is 5.32 Å². The summed E-state index contributed by atoms with van der Waals surface area (Å²) in [6.07, 6.45) is -5.70. The van der Waals surface area contributed by atoms with Crippen molar-refractivity contribution in [3.8, 4) is 5.75 Å². The molecule has 142 valence electrons. The van der Waals surface area contributed by atoms with E-state index in [9.17, 15) is 27.6 Å². The minimum Gasteiger partial charge on any atom is -0.422 e. The molecule has 0 spiro atoms. The molecule has 0 bridgehead atoms. The van der Waals surface area contributed by atoms with Gasteiger partial charge in [0.05, 0.1) is 5.56 Å². The molecule has 0 aromatic heterocycles. The van der Waals surface area contributed by atoms with Crippen LogP contribution in [0.25, 0.3) is 0 Å². The van der Waals surface area contributed by atoms with E-state index in [1.807, 2.05) is 0 Å². The molecule has 0 aliphatic carbocycles. The van der Waals surface area contributed by atoms with Gasteiger partial charge in [-0.15, -0.1) is 0 Å². The van der Waals surface area contributed by atoms with E-state index >= 15 is 0 Å². The number of nitrogens with one attached hydrogen (secondary N) is 1. The Bertz CT molecular complexity index is 696. The van der Waals surface area contributed by atoms with Crippen molar-refractivity contribution >= 4 is 18.0 Å². The topological polar surface area (TPSA) is 90.9 Å². The minimum absolute atomic E-state index is 0.106. The molecule has 1 aliphatic heterocycles. The summed E-state index contributed by atoms with van der Waals surface area (Å²) in [4.78, 5) is 35.1. The molecule has 7 nitrogen and oxygen atoms in total. The predicted molar refractivity (Wildman–Crippen MR) is 79.8 cm³/mol. The number of alkyl halides is 3. The summed E-state index contributed by atoms with van der Waals surface area (Å²) in [6.45, 7) is 2.67. The van der Waals surface area contributed by atoms with Gasteiger partial charge in [-0.1, -0.05) is 6.07 Å². The number of halogens is 3.